The van der Waals surface area contributed by atoms with Gasteiger partial charge in [0.1, 0.15) is 10.5 Å². The summed E-state index contributed by atoms with van der Waals surface area (Å²) in [4.78, 5) is 33.5. The minimum Gasteiger partial charge on any atom is -0.354 e. The first-order chi connectivity index (χ1) is 16.5. The minimum absolute atomic E-state index is 0.347. The third kappa shape index (κ3) is 4.28. The molecule has 3 aromatic heterocycles. The standard InChI is InChI=1S/C24H20N6O2S2/c1-29(2)24-25-23-19(34-24)13-18(33-23)22(32)27-26-21(31)17-14-30(16-11-7-4-8-12-16)28-20(17)15-9-5-3-6-10-15/h3-14H,1-2H3,(H,26,31)(H,27,32). The summed E-state index contributed by atoms with van der Waals surface area (Å²) in [5.74, 6) is -0.854. The van der Waals surface area contributed by atoms with Gasteiger partial charge in [0.2, 0.25) is 0 Å². The van der Waals surface area contributed by atoms with Gasteiger partial charge in [-0.15, -0.1) is 11.3 Å². The highest BCUT2D eigenvalue weighted by Crippen LogP contribution is 2.33. The van der Waals surface area contributed by atoms with Gasteiger partial charge in [-0.1, -0.05) is 59.9 Å². The molecule has 10 heteroatoms. The topological polar surface area (TPSA) is 92.2 Å². The molecule has 170 valence electrons. The highest BCUT2D eigenvalue weighted by atomic mass is 32.1. The third-order valence-electron chi connectivity index (χ3n) is 5.00. The molecule has 2 aromatic carbocycles. The number of thiophene rings is 1. The van der Waals surface area contributed by atoms with Crippen molar-refractivity contribution >= 4 is 49.1 Å². The lowest BCUT2D eigenvalue weighted by atomic mass is 10.1. The molecule has 0 radical (unpaired) electrons. The van der Waals surface area contributed by atoms with Crippen molar-refractivity contribution in [3.05, 3.63) is 83.4 Å². The number of benzene rings is 2. The quantitative estimate of drug-likeness (QED) is 0.359. The van der Waals surface area contributed by atoms with Crippen molar-refractivity contribution in [1.82, 2.24) is 25.6 Å². The molecule has 0 fully saturated rings. The number of aromatic nitrogens is 3. The zero-order valence-electron chi connectivity index (χ0n) is 18.4. The number of fused-ring (bicyclic) bond motifs is 1. The van der Waals surface area contributed by atoms with E-state index in [0.29, 0.717) is 16.1 Å². The molecule has 0 aliphatic rings. The zero-order chi connectivity index (χ0) is 23.7. The van der Waals surface area contributed by atoms with E-state index in [0.717, 1.165) is 25.9 Å². The summed E-state index contributed by atoms with van der Waals surface area (Å²) in [6.07, 6.45) is 1.66. The smallest absolute Gasteiger partial charge is 0.279 e. The number of anilines is 1. The summed E-state index contributed by atoms with van der Waals surface area (Å²) < 4.78 is 2.58. The molecule has 8 nitrogen and oxygen atoms in total. The van der Waals surface area contributed by atoms with Gasteiger partial charge in [-0.25, -0.2) is 9.67 Å². The lowest BCUT2D eigenvalue weighted by molar-refractivity contribution is 0.0849. The number of thiazole rings is 1. The number of nitrogens with one attached hydrogen (secondary N) is 2. The first-order valence-electron chi connectivity index (χ1n) is 10.4. The van der Waals surface area contributed by atoms with Crippen molar-refractivity contribution in [2.45, 2.75) is 0 Å². The lowest BCUT2D eigenvalue weighted by Crippen LogP contribution is -2.41. The second kappa shape index (κ2) is 9.08. The Morgan fingerprint density at radius 3 is 2.26 bits per heavy atom. The molecule has 5 rings (SSSR count). The van der Waals surface area contributed by atoms with Gasteiger partial charge in [0.05, 0.1) is 20.8 Å². The van der Waals surface area contributed by atoms with E-state index in [1.165, 1.54) is 22.7 Å². The van der Waals surface area contributed by atoms with Gasteiger partial charge in [-0.2, -0.15) is 5.10 Å². The zero-order valence-corrected chi connectivity index (χ0v) is 20.0. The molecule has 0 aliphatic heterocycles. The number of hydrazine groups is 1. The van der Waals surface area contributed by atoms with Crippen LogP contribution in [0.5, 0.6) is 0 Å². The predicted molar refractivity (Wildman–Crippen MR) is 136 cm³/mol. The number of hydrogen-bond acceptors (Lipinski definition) is 7. The molecule has 34 heavy (non-hydrogen) atoms. The number of carbonyl (C=O) groups excluding carboxylic acids is 2. The van der Waals surface area contributed by atoms with Crippen molar-refractivity contribution in [2.75, 3.05) is 19.0 Å². The number of carbonyl (C=O) groups is 2. The maximum Gasteiger partial charge on any atom is 0.279 e. The molecular formula is C24H20N6O2S2. The van der Waals surface area contributed by atoms with E-state index in [1.54, 1.807) is 16.9 Å². The number of rotatable bonds is 5. The summed E-state index contributed by atoms with van der Waals surface area (Å²) in [5, 5.41) is 5.52. The fraction of sp³-hybridized carbons (Fsp3) is 0.0833. The second-order valence-electron chi connectivity index (χ2n) is 7.62. The Hall–Kier alpha value is -4.02. The summed E-state index contributed by atoms with van der Waals surface area (Å²) in [5.41, 5.74) is 7.54. The van der Waals surface area contributed by atoms with Gasteiger partial charge in [0.25, 0.3) is 11.8 Å². The molecule has 0 saturated carbocycles. The fourth-order valence-corrected chi connectivity index (χ4v) is 5.36. The van der Waals surface area contributed by atoms with Crippen LogP contribution in [0, 0.1) is 0 Å². The van der Waals surface area contributed by atoms with E-state index >= 15 is 0 Å². The molecule has 0 aliphatic carbocycles. The van der Waals surface area contributed by atoms with E-state index in [9.17, 15) is 9.59 Å². The van der Waals surface area contributed by atoms with E-state index in [4.69, 9.17) is 0 Å². The Balaban J connectivity index is 1.37. The van der Waals surface area contributed by atoms with Crippen LogP contribution in [0.3, 0.4) is 0 Å². The Labute approximate surface area is 203 Å². The Morgan fingerprint density at radius 1 is 0.912 bits per heavy atom. The van der Waals surface area contributed by atoms with Gasteiger partial charge in [0.15, 0.2) is 5.13 Å². The van der Waals surface area contributed by atoms with Gasteiger partial charge in [0, 0.05) is 25.9 Å². The van der Waals surface area contributed by atoms with E-state index < -0.39 is 11.8 Å². The Morgan fingerprint density at radius 2 is 1.59 bits per heavy atom. The van der Waals surface area contributed by atoms with Crippen LogP contribution >= 0.6 is 22.7 Å². The van der Waals surface area contributed by atoms with Crippen molar-refractivity contribution in [3.63, 3.8) is 0 Å². The van der Waals surface area contributed by atoms with Crippen molar-refractivity contribution < 1.29 is 9.59 Å². The molecule has 0 saturated heterocycles. The summed E-state index contributed by atoms with van der Waals surface area (Å²) >= 11 is 2.80. The molecule has 2 amide bonds. The first-order valence-corrected chi connectivity index (χ1v) is 12.0. The molecule has 0 unspecified atom stereocenters. The Kier molecular flexibility index (Phi) is 5.83. The van der Waals surface area contributed by atoms with Crippen molar-refractivity contribution in [2.24, 2.45) is 0 Å². The minimum atomic E-state index is -0.458. The third-order valence-corrected chi connectivity index (χ3v) is 7.33. The van der Waals surface area contributed by atoms with E-state index in [-0.39, 0.29) is 0 Å². The number of amides is 2. The predicted octanol–water partition coefficient (Wildman–Crippen LogP) is 4.35. The Bertz CT molecular complexity index is 1440. The van der Waals surface area contributed by atoms with Crippen LogP contribution in [0.1, 0.15) is 20.0 Å². The van der Waals surface area contributed by atoms with Crippen molar-refractivity contribution in [3.8, 4) is 16.9 Å². The van der Waals surface area contributed by atoms with Crippen LogP contribution in [0.15, 0.2) is 72.9 Å². The SMILES string of the molecule is CN(C)c1nc2sc(C(=O)NNC(=O)c3cn(-c4ccccc4)nc3-c3ccccc3)cc2s1. The second-order valence-corrected chi connectivity index (χ2v) is 9.66. The number of hydrogen-bond donors (Lipinski definition) is 2. The summed E-state index contributed by atoms with van der Waals surface area (Å²) in [7, 11) is 3.85. The normalized spacial score (nSPS) is 10.9. The van der Waals surface area contributed by atoms with E-state index in [2.05, 4.69) is 20.9 Å². The molecule has 0 bridgehead atoms. The van der Waals surface area contributed by atoms with Crippen LogP contribution < -0.4 is 15.8 Å². The lowest BCUT2D eigenvalue weighted by Gasteiger charge is -2.06. The largest absolute Gasteiger partial charge is 0.354 e. The van der Waals surface area contributed by atoms with Gasteiger partial charge < -0.3 is 4.90 Å². The van der Waals surface area contributed by atoms with Crippen LogP contribution in [0.2, 0.25) is 0 Å². The molecule has 3 heterocycles. The molecule has 2 N–H and O–H groups in total. The van der Waals surface area contributed by atoms with Gasteiger partial charge >= 0.3 is 0 Å². The van der Waals surface area contributed by atoms with Crippen LogP contribution in [-0.4, -0.2) is 40.7 Å². The van der Waals surface area contributed by atoms with Gasteiger partial charge in [-0.05, 0) is 18.2 Å². The van der Waals surface area contributed by atoms with Crippen molar-refractivity contribution in [1.29, 1.82) is 0 Å². The summed E-state index contributed by atoms with van der Waals surface area (Å²) in [6.45, 7) is 0. The molecule has 0 spiro atoms. The average Bonchev–Trinajstić information content (AvgIpc) is 3.57. The van der Waals surface area contributed by atoms with Crippen LogP contribution in [-0.2, 0) is 0 Å². The monoisotopic (exact) mass is 488 g/mol. The molecule has 5 aromatic rings. The highest BCUT2D eigenvalue weighted by Gasteiger charge is 2.20. The van der Waals surface area contributed by atoms with Gasteiger partial charge in [-0.3, -0.25) is 20.4 Å². The maximum absolute atomic E-state index is 13.1. The summed E-state index contributed by atoms with van der Waals surface area (Å²) in [6, 6.07) is 20.8. The average molecular weight is 489 g/mol. The first kappa shape index (κ1) is 21.8. The number of nitrogens with zero attached hydrogens (tertiary/aromatic N) is 4. The molecule has 0 atom stereocenters. The fourth-order valence-electron chi connectivity index (χ4n) is 3.33. The van der Waals surface area contributed by atoms with E-state index in [1.807, 2.05) is 79.7 Å². The highest BCUT2D eigenvalue weighted by molar-refractivity contribution is 7.29. The molecular weight excluding hydrogens is 468 g/mol. The maximum atomic E-state index is 13.1. The van der Waals surface area contributed by atoms with Crippen LogP contribution in [0.25, 0.3) is 26.5 Å². The number of para-hydroxylation sites is 1. The van der Waals surface area contributed by atoms with Crippen LogP contribution in [0.4, 0.5) is 5.13 Å².